The third kappa shape index (κ3) is 3.80. The van der Waals surface area contributed by atoms with Crippen molar-refractivity contribution in [3.63, 3.8) is 0 Å². The number of hydrogen-bond donors (Lipinski definition) is 3. The van der Waals surface area contributed by atoms with E-state index >= 15 is 0 Å². The minimum absolute atomic E-state index is 0.147. The van der Waals surface area contributed by atoms with E-state index in [1.165, 1.54) is 0 Å². The third-order valence-electron chi connectivity index (χ3n) is 4.56. The maximum atomic E-state index is 11.3. The molecule has 2 aliphatic rings. The van der Waals surface area contributed by atoms with Crippen molar-refractivity contribution < 1.29 is 33.5 Å². The Labute approximate surface area is 117 Å². The molecule has 0 radical (unpaired) electrons. The number of carboxylic acid groups (broad SMARTS) is 1. The van der Waals surface area contributed by atoms with Crippen LogP contribution in [0.4, 0.5) is 0 Å². The van der Waals surface area contributed by atoms with Crippen LogP contribution >= 0.6 is 7.82 Å². The van der Waals surface area contributed by atoms with E-state index in [0.717, 1.165) is 19.3 Å². The fourth-order valence-corrected chi connectivity index (χ4v) is 4.18. The number of rotatable bonds is 4. The van der Waals surface area contributed by atoms with Gasteiger partial charge in [-0.2, -0.15) is 0 Å². The SMILES string of the molecule is COC1CCC2CC(C(=O)O)C(OP(=O)(O)O)CC2C1. The molecule has 7 nitrogen and oxygen atoms in total. The predicted molar refractivity (Wildman–Crippen MR) is 68.9 cm³/mol. The van der Waals surface area contributed by atoms with Gasteiger partial charge in [0.1, 0.15) is 0 Å². The highest BCUT2D eigenvalue weighted by atomic mass is 31.2. The molecule has 0 spiro atoms. The normalized spacial score (nSPS) is 38.2. The summed E-state index contributed by atoms with van der Waals surface area (Å²) in [6.07, 6.45) is 2.62. The molecule has 2 aliphatic carbocycles. The lowest BCUT2D eigenvalue weighted by molar-refractivity contribution is -0.150. The Balaban J connectivity index is 2.09. The predicted octanol–water partition coefficient (Wildman–Crippen LogP) is 1.39. The van der Waals surface area contributed by atoms with Gasteiger partial charge in [-0.3, -0.25) is 9.32 Å². The number of phosphoric acid groups is 1. The van der Waals surface area contributed by atoms with Gasteiger partial charge in [0.25, 0.3) is 0 Å². The van der Waals surface area contributed by atoms with Crippen molar-refractivity contribution in [2.75, 3.05) is 7.11 Å². The monoisotopic (exact) mass is 308 g/mol. The summed E-state index contributed by atoms with van der Waals surface area (Å²) in [7, 11) is -3.02. The second-order valence-electron chi connectivity index (χ2n) is 5.74. The lowest BCUT2D eigenvalue weighted by atomic mass is 9.66. The highest BCUT2D eigenvalue weighted by Gasteiger charge is 2.45. The van der Waals surface area contributed by atoms with Crippen LogP contribution in [0, 0.1) is 17.8 Å². The molecule has 5 atom stereocenters. The Bertz CT molecular complexity index is 407. The number of fused-ring (bicyclic) bond motifs is 1. The van der Waals surface area contributed by atoms with Gasteiger partial charge in [0.05, 0.1) is 18.1 Å². The van der Waals surface area contributed by atoms with E-state index in [1.807, 2.05) is 0 Å². The molecule has 8 heteroatoms. The van der Waals surface area contributed by atoms with E-state index in [9.17, 15) is 14.5 Å². The molecular formula is C12H21O7P. The first kappa shape index (κ1) is 15.9. The van der Waals surface area contributed by atoms with Crippen molar-refractivity contribution in [3.05, 3.63) is 0 Å². The fourth-order valence-electron chi connectivity index (χ4n) is 3.59. The minimum atomic E-state index is -4.68. The van der Waals surface area contributed by atoms with Crippen LogP contribution in [-0.4, -0.2) is 40.2 Å². The quantitative estimate of drug-likeness (QED) is 0.672. The zero-order valence-electron chi connectivity index (χ0n) is 11.3. The summed E-state index contributed by atoms with van der Waals surface area (Å²) in [5, 5.41) is 9.24. The molecule has 0 aromatic heterocycles. The maximum absolute atomic E-state index is 11.3. The van der Waals surface area contributed by atoms with Gasteiger partial charge in [0.2, 0.25) is 0 Å². The molecule has 0 heterocycles. The molecule has 0 aromatic rings. The van der Waals surface area contributed by atoms with E-state index in [4.69, 9.17) is 19.0 Å². The topological polar surface area (TPSA) is 113 Å². The summed E-state index contributed by atoms with van der Waals surface area (Å²) < 4.78 is 21.1. The average Bonchev–Trinajstić information content (AvgIpc) is 2.35. The molecule has 0 aromatic carbocycles. The van der Waals surface area contributed by atoms with Gasteiger partial charge in [-0.05, 0) is 43.9 Å². The molecular weight excluding hydrogens is 287 g/mol. The van der Waals surface area contributed by atoms with Crippen LogP contribution in [0.5, 0.6) is 0 Å². The molecule has 3 N–H and O–H groups in total. The average molecular weight is 308 g/mol. The summed E-state index contributed by atoms with van der Waals surface area (Å²) in [4.78, 5) is 29.2. The Kier molecular flexibility index (Phi) is 4.87. The molecule has 0 bridgehead atoms. The maximum Gasteiger partial charge on any atom is 0.469 e. The molecule has 116 valence electrons. The van der Waals surface area contributed by atoms with Crippen LogP contribution in [-0.2, 0) is 18.6 Å². The molecule has 5 unspecified atom stereocenters. The number of methoxy groups -OCH3 is 1. The lowest BCUT2D eigenvalue weighted by Crippen LogP contribution is -2.43. The van der Waals surface area contributed by atoms with Crippen molar-refractivity contribution in [3.8, 4) is 0 Å². The number of phosphoric ester groups is 1. The first-order chi connectivity index (χ1) is 9.30. The third-order valence-corrected chi connectivity index (χ3v) is 5.10. The van der Waals surface area contributed by atoms with E-state index < -0.39 is 25.8 Å². The van der Waals surface area contributed by atoms with Crippen LogP contribution in [0.3, 0.4) is 0 Å². The zero-order chi connectivity index (χ0) is 14.9. The standard InChI is InChI=1S/C12H21O7P/c1-18-9-3-2-7-5-10(12(13)14)11(6-8(7)4-9)19-20(15,16)17/h7-11H,2-6H2,1H3,(H,13,14)(H2,15,16,17). The van der Waals surface area contributed by atoms with E-state index in [2.05, 4.69) is 0 Å². The first-order valence-electron chi connectivity index (χ1n) is 6.79. The van der Waals surface area contributed by atoms with Crippen LogP contribution in [0.2, 0.25) is 0 Å². The Morgan fingerprint density at radius 3 is 2.40 bits per heavy atom. The van der Waals surface area contributed by atoms with Crippen LogP contribution in [0.15, 0.2) is 0 Å². The lowest BCUT2D eigenvalue weighted by Gasteiger charge is -2.43. The van der Waals surface area contributed by atoms with E-state index in [0.29, 0.717) is 12.8 Å². The molecule has 2 rings (SSSR count). The van der Waals surface area contributed by atoms with Gasteiger partial charge in [0, 0.05) is 7.11 Å². The van der Waals surface area contributed by atoms with Gasteiger partial charge in [-0.25, -0.2) is 4.57 Å². The molecule has 0 amide bonds. The number of hydrogen-bond acceptors (Lipinski definition) is 4. The van der Waals surface area contributed by atoms with Crippen molar-refractivity contribution in [2.24, 2.45) is 17.8 Å². The Morgan fingerprint density at radius 2 is 1.85 bits per heavy atom. The van der Waals surface area contributed by atoms with Crippen molar-refractivity contribution in [1.82, 2.24) is 0 Å². The molecule has 0 saturated heterocycles. The van der Waals surface area contributed by atoms with Gasteiger partial charge in [-0.1, -0.05) is 0 Å². The van der Waals surface area contributed by atoms with Crippen molar-refractivity contribution in [2.45, 2.75) is 44.3 Å². The molecule has 2 saturated carbocycles. The number of carboxylic acids is 1. The second kappa shape index (κ2) is 6.12. The summed E-state index contributed by atoms with van der Waals surface area (Å²) >= 11 is 0. The zero-order valence-corrected chi connectivity index (χ0v) is 12.2. The number of aliphatic carboxylic acids is 1. The van der Waals surface area contributed by atoms with E-state index in [1.54, 1.807) is 7.11 Å². The number of carbonyl (C=O) groups is 1. The Morgan fingerprint density at radius 1 is 1.15 bits per heavy atom. The van der Waals surface area contributed by atoms with Gasteiger partial charge < -0.3 is 19.6 Å². The minimum Gasteiger partial charge on any atom is -0.481 e. The van der Waals surface area contributed by atoms with Crippen molar-refractivity contribution in [1.29, 1.82) is 0 Å². The number of ether oxygens (including phenoxy) is 1. The van der Waals surface area contributed by atoms with Gasteiger partial charge >= 0.3 is 13.8 Å². The second-order valence-corrected chi connectivity index (χ2v) is 6.93. The van der Waals surface area contributed by atoms with Crippen LogP contribution < -0.4 is 0 Å². The highest BCUT2D eigenvalue weighted by Crippen LogP contribution is 2.49. The summed E-state index contributed by atoms with van der Waals surface area (Å²) in [5.41, 5.74) is 0. The first-order valence-corrected chi connectivity index (χ1v) is 8.32. The summed E-state index contributed by atoms with van der Waals surface area (Å²) in [5.74, 6) is -1.40. The van der Waals surface area contributed by atoms with Crippen LogP contribution in [0.1, 0.15) is 32.1 Å². The molecule has 20 heavy (non-hydrogen) atoms. The van der Waals surface area contributed by atoms with E-state index in [-0.39, 0.29) is 17.9 Å². The smallest absolute Gasteiger partial charge is 0.469 e. The molecule has 2 fully saturated rings. The summed E-state index contributed by atoms with van der Waals surface area (Å²) in [6.45, 7) is 0. The fraction of sp³-hybridized carbons (Fsp3) is 0.917. The summed E-state index contributed by atoms with van der Waals surface area (Å²) in [6, 6.07) is 0. The highest BCUT2D eigenvalue weighted by molar-refractivity contribution is 7.46. The largest absolute Gasteiger partial charge is 0.481 e. The van der Waals surface area contributed by atoms with Crippen molar-refractivity contribution >= 4 is 13.8 Å². The van der Waals surface area contributed by atoms with Crippen LogP contribution in [0.25, 0.3) is 0 Å². The Hall–Kier alpha value is -0.460. The molecule has 0 aliphatic heterocycles. The van der Waals surface area contributed by atoms with Gasteiger partial charge in [-0.15, -0.1) is 0 Å². The van der Waals surface area contributed by atoms with Gasteiger partial charge in [0.15, 0.2) is 0 Å².